The lowest BCUT2D eigenvalue weighted by molar-refractivity contribution is 0.635. The van der Waals surface area contributed by atoms with Crippen LogP contribution in [0.5, 0.6) is 0 Å². The average Bonchev–Trinajstić information content (AvgIpc) is 3.84. The van der Waals surface area contributed by atoms with E-state index < -0.39 is 0 Å². The molecule has 3 aromatic heterocycles. The Kier molecular flexibility index (Phi) is 5.13. The molecule has 7 aromatic rings. The maximum atomic E-state index is 9.79. The maximum absolute atomic E-state index is 9.79. The quantitative estimate of drug-likeness (QED) is 0.144. The van der Waals surface area contributed by atoms with E-state index in [9.17, 15) is 5.26 Å². The molecule has 0 bridgehead atoms. The molecule has 0 amide bonds. The van der Waals surface area contributed by atoms with Crippen molar-refractivity contribution in [3.05, 3.63) is 142 Å². The normalized spacial score (nSPS) is 15.0. The zero-order chi connectivity index (χ0) is 29.7. The van der Waals surface area contributed by atoms with Crippen molar-refractivity contribution < 1.29 is 0 Å². The van der Waals surface area contributed by atoms with Crippen LogP contribution >= 0.6 is 22.7 Å². The summed E-state index contributed by atoms with van der Waals surface area (Å²) in [4.78, 5) is 7.27. The Balaban J connectivity index is 1.18. The molecule has 206 valence electrons. The molecule has 44 heavy (non-hydrogen) atoms. The van der Waals surface area contributed by atoms with Crippen LogP contribution in [0.1, 0.15) is 36.1 Å². The number of aromatic nitrogens is 1. The molecule has 0 radical (unpaired) electrons. The molecule has 4 aromatic carbocycles. The summed E-state index contributed by atoms with van der Waals surface area (Å²) in [5.41, 5.74) is 11.2. The first kappa shape index (κ1) is 25.3. The van der Waals surface area contributed by atoms with E-state index in [0.29, 0.717) is 0 Å². The van der Waals surface area contributed by atoms with Gasteiger partial charge in [-0.3, -0.25) is 0 Å². The highest BCUT2D eigenvalue weighted by atomic mass is 32.1. The highest BCUT2D eigenvalue weighted by Gasteiger charge is 2.37. The molecular formula is C39H23N3S2. The van der Waals surface area contributed by atoms with Crippen molar-refractivity contribution in [2.24, 2.45) is 0 Å². The van der Waals surface area contributed by atoms with Gasteiger partial charge in [-0.05, 0) is 69.3 Å². The number of hydrogen-bond donors (Lipinski definition) is 0. The largest absolute Gasteiger partial charge is 0.300 e. The molecule has 9 rings (SSSR count). The summed E-state index contributed by atoms with van der Waals surface area (Å²) in [6.45, 7) is 12.4. The Morgan fingerprint density at radius 3 is 2.32 bits per heavy atom. The predicted octanol–water partition coefficient (Wildman–Crippen LogP) is 11.1. The summed E-state index contributed by atoms with van der Waals surface area (Å²) in [6, 6.07) is 39.0. The first-order valence-electron chi connectivity index (χ1n) is 14.5. The van der Waals surface area contributed by atoms with E-state index in [-0.39, 0.29) is 11.1 Å². The van der Waals surface area contributed by atoms with Crippen molar-refractivity contribution in [3.8, 4) is 42.4 Å². The number of nitriles is 1. The van der Waals surface area contributed by atoms with E-state index in [1.807, 2.05) is 29.5 Å². The molecule has 0 atom stereocenters. The van der Waals surface area contributed by atoms with E-state index in [4.69, 9.17) is 6.57 Å². The molecule has 2 aliphatic rings. The number of benzene rings is 4. The van der Waals surface area contributed by atoms with Gasteiger partial charge in [0.25, 0.3) is 5.70 Å². The van der Waals surface area contributed by atoms with E-state index in [1.165, 1.54) is 52.6 Å². The molecule has 0 unspecified atom stereocenters. The lowest BCUT2D eigenvalue weighted by atomic mass is 9.76. The van der Waals surface area contributed by atoms with Gasteiger partial charge in [-0.25, -0.2) is 10.1 Å². The third kappa shape index (κ3) is 3.23. The van der Waals surface area contributed by atoms with Gasteiger partial charge in [-0.15, -0.1) is 22.7 Å². The summed E-state index contributed by atoms with van der Waals surface area (Å²) < 4.78 is 2.49. The SMILES string of the molecule is [C-]#[N+]/C(C#N)=C1/c2ccccc2-c2ccc(-c3ccc(-c4cc5c(s4)-n4c6ccccc6c6cccc(c64)C5(C)C)s3)cc21. The predicted molar refractivity (Wildman–Crippen MR) is 183 cm³/mol. The fraction of sp³-hybridized carbons (Fsp3) is 0.0769. The molecule has 1 aliphatic heterocycles. The minimum Gasteiger partial charge on any atom is -0.300 e. The van der Waals surface area contributed by atoms with Gasteiger partial charge in [0.05, 0.1) is 23.7 Å². The summed E-state index contributed by atoms with van der Waals surface area (Å²) in [5, 5.41) is 13.7. The number of hydrogen-bond acceptors (Lipinski definition) is 3. The van der Waals surface area contributed by atoms with E-state index in [2.05, 4.69) is 114 Å². The topological polar surface area (TPSA) is 33.1 Å². The zero-order valence-corrected chi connectivity index (χ0v) is 25.6. The highest BCUT2D eigenvalue weighted by Crippen LogP contribution is 2.53. The number of thiophene rings is 2. The van der Waals surface area contributed by atoms with Crippen LogP contribution in [0.2, 0.25) is 0 Å². The second kappa shape index (κ2) is 8.91. The molecule has 5 heteroatoms. The van der Waals surface area contributed by atoms with Crippen LogP contribution < -0.4 is 0 Å². The molecule has 4 heterocycles. The fourth-order valence-corrected chi connectivity index (χ4v) is 9.66. The number of allylic oxidation sites excluding steroid dienone is 1. The average molecular weight is 598 g/mol. The zero-order valence-electron chi connectivity index (χ0n) is 24.0. The smallest absolute Gasteiger partial charge is 0.270 e. The summed E-state index contributed by atoms with van der Waals surface area (Å²) in [6.07, 6.45) is 0. The lowest BCUT2D eigenvalue weighted by Crippen LogP contribution is -2.24. The van der Waals surface area contributed by atoms with Crippen LogP contribution in [0.4, 0.5) is 0 Å². The third-order valence-electron chi connectivity index (χ3n) is 9.32. The van der Waals surface area contributed by atoms with Gasteiger partial charge in [-0.2, -0.15) is 0 Å². The minimum absolute atomic E-state index is 0.118. The van der Waals surface area contributed by atoms with Crippen LogP contribution in [-0.4, -0.2) is 4.57 Å². The van der Waals surface area contributed by atoms with Gasteiger partial charge < -0.3 is 4.57 Å². The Hall–Kier alpha value is -5.20. The molecule has 0 saturated heterocycles. The van der Waals surface area contributed by atoms with E-state index >= 15 is 0 Å². The van der Waals surface area contributed by atoms with Gasteiger partial charge in [0.15, 0.2) is 0 Å². The van der Waals surface area contributed by atoms with Crippen molar-refractivity contribution >= 4 is 50.1 Å². The van der Waals surface area contributed by atoms with Gasteiger partial charge in [0.1, 0.15) is 5.00 Å². The molecule has 0 N–H and O–H groups in total. The Morgan fingerprint density at radius 2 is 1.48 bits per heavy atom. The van der Waals surface area contributed by atoms with Crippen molar-refractivity contribution in [3.63, 3.8) is 0 Å². The number of rotatable bonds is 2. The van der Waals surface area contributed by atoms with Gasteiger partial charge in [0.2, 0.25) is 0 Å². The minimum atomic E-state index is -0.118. The molecule has 0 fully saturated rings. The van der Waals surface area contributed by atoms with Crippen LogP contribution in [0.15, 0.2) is 109 Å². The summed E-state index contributed by atoms with van der Waals surface area (Å²) in [5.74, 6) is 0. The fourth-order valence-electron chi connectivity index (χ4n) is 7.23. The Bertz CT molecular complexity index is 2480. The third-order valence-corrected chi connectivity index (χ3v) is 11.8. The maximum Gasteiger partial charge on any atom is 0.270 e. The Labute approximate surface area is 263 Å². The monoisotopic (exact) mass is 597 g/mol. The van der Waals surface area contributed by atoms with Crippen LogP contribution in [0.25, 0.3) is 68.5 Å². The number of nitrogens with zero attached hydrogens (tertiary/aromatic N) is 3. The van der Waals surface area contributed by atoms with E-state index in [1.54, 1.807) is 11.3 Å². The van der Waals surface area contributed by atoms with Crippen molar-refractivity contribution in [2.75, 3.05) is 0 Å². The van der Waals surface area contributed by atoms with Crippen molar-refractivity contribution in [2.45, 2.75) is 19.3 Å². The molecule has 1 aliphatic carbocycles. The lowest BCUT2D eigenvalue weighted by Gasteiger charge is -2.32. The molecular weight excluding hydrogens is 575 g/mol. The second-order valence-corrected chi connectivity index (χ2v) is 14.0. The standard InChI is InChI=1S/C39H23N3S2/c1-39(2)29-13-8-12-27-25-10-6-7-14-32(25)42(37(27)29)38-30(39)20-35(44-38)34-18-17-33(43-34)22-15-16-24-23-9-4-5-11-26(23)36(28(24)19-22)31(21-40)41-3/h4-20H,1-2H3/b36-31-. The Morgan fingerprint density at radius 1 is 0.727 bits per heavy atom. The highest BCUT2D eigenvalue weighted by molar-refractivity contribution is 7.25. The first-order chi connectivity index (χ1) is 21.5. The second-order valence-electron chi connectivity index (χ2n) is 11.9. The molecule has 3 nitrogen and oxygen atoms in total. The van der Waals surface area contributed by atoms with Gasteiger partial charge >= 0.3 is 0 Å². The number of para-hydroxylation sites is 2. The summed E-state index contributed by atoms with van der Waals surface area (Å²) in [7, 11) is 0. The number of fused-ring (bicyclic) bond motifs is 8. The van der Waals surface area contributed by atoms with Gasteiger partial charge in [0, 0.05) is 36.4 Å². The first-order valence-corrected chi connectivity index (χ1v) is 16.2. The van der Waals surface area contributed by atoms with Crippen LogP contribution in [0.3, 0.4) is 0 Å². The van der Waals surface area contributed by atoms with Crippen LogP contribution in [-0.2, 0) is 5.41 Å². The van der Waals surface area contributed by atoms with E-state index in [0.717, 1.165) is 33.4 Å². The molecule has 0 saturated carbocycles. The van der Waals surface area contributed by atoms with Crippen molar-refractivity contribution in [1.29, 1.82) is 5.26 Å². The summed E-state index contributed by atoms with van der Waals surface area (Å²) >= 11 is 3.67. The van der Waals surface area contributed by atoms with Gasteiger partial charge in [-0.1, -0.05) is 86.6 Å². The van der Waals surface area contributed by atoms with Crippen molar-refractivity contribution in [1.82, 2.24) is 4.57 Å². The molecule has 0 spiro atoms. The van der Waals surface area contributed by atoms with Crippen LogP contribution in [0, 0.1) is 17.9 Å².